The topological polar surface area (TPSA) is 20.3 Å². The molecule has 0 bridgehead atoms. The van der Waals surface area contributed by atoms with Crippen molar-refractivity contribution < 1.29 is 4.79 Å². The first-order valence-corrected chi connectivity index (χ1v) is 4.79. The van der Waals surface area contributed by atoms with E-state index >= 15 is 0 Å². The first kappa shape index (κ1) is 9.72. The van der Waals surface area contributed by atoms with Gasteiger partial charge in [0, 0.05) is 18.5 Å². The monoisotopic (exact) mass is 169 g/mol. The number of nitrogens with zero attached hydrogens (tertiary/aromatic N) is 1. The lowest BCUT2D eigenvalue weighted by molar-refractivity contribution is -0.117. The molecule has 2 heteroatoms. The number of carbonyl (C=O) groups excluding carboxylic acids is 1. The van der Waals surface area contributed by atoms with Gasteiger partial charge in [0.25, 0.3) is 0 Å². The minimum Gasteiger partial charge on any atom is -0.298 e. The fourth-order valence-electron chi connectivity index (χ4n) is 1.92. The Morgan fingerprint density at radius 3 is 2.25 bits per heavy atom. The Bertz CT molecular complexity index is 157. The minimum atomic E-state index is 0.405. The van der Waals surface area contributed by atoms with Gasteiger partial charge in [-0.3, -0.25) is 9.69 Å². The van der Waals surface area contributed by atoms with Crippen molar-refractivity contribution in [2.75, 3.05) is 6.54 Å². The molecule has 1 atom stereocenters. The van der Waals surface area contributed by atoms with Crippen molar-refractivity contribution in [1.82, 2.24) is 4.90 Å². The third kappa shape index (κ3) is 1.86. The summed E-state index contributed by atoms with van der Waals surface area (Å²) in [6.07, 6.45) is 0.760. The van der Waals surface area contributed by atoms with E-state index < -0.39 is 0 Å². The van der Waals surface area contributed by atoms with E-state index in [2.05, 4.69) is 32.6 Å². The smallest absolute Gasteiger partial charge is 0.148 e. The van der Waals surface area contributed by atoms with E-state index in [0.29, 0.717) is 30.3 Å². The van der Waals surface area contributed by atoms with Crippen molar-refractivity contribution >= 4 is 5.78 Å². The summed E-state index contributed by atoms with van der Waals surface area (Å²) in [7, 11) is 0. The van der Waals surface area contributed by atoms with Gasteiger partial charge in [0.15, 0.2) is 0 Å². The normalized spacial score (nSPS) is 26.2. The molecule has 0 radical (unpaired) electrons. The van der Waals surface area contributed by atoms with Crippen LogP contribution in [0.3, 0.4) is 0 Å². The third-order valence-corrected chi connectivity index (χ3v) is 2.65. The second-order valence-corrected chi connectivity index (χ2v) is 4.32. The number of ketones is 1. The van der Waals surface area contributed by atoms with Gasteiger partial charge in [-0.25, -0.2) is 0 Å². The molecule has 0 N–H and O–H groups in total. The molecule has 0 spiro atoms. The Morgan fingerprint density at radius 1 is 1.33 bits per heavy atom. The first-order chi connectivity index (χ1) is 5.52. The Labute approximate surface area is 74.9 Å². The van der Waals surface area contributed by atoms with Gasteiger partial charge < -0.3 is 0 Å². The zero-order valence-electron chi connectivity index (χ0n) is 8.50. The van der Waals surface area contributed by atoms with E-state index in [-0.39, 0.29) is 0 Å². The van der Waals surface area contributed by atoms with Crippen LogP contribution in [0.5, 0.6) is 0 Å². The third-order valence-electron chi connectivity index (χ3n) is 2.65. The van der Waals surface area contributed by atoms with Gasteiger partial charge in [-0.05, 0) is 19.8 Å². The van der Waals surface area contributed by atoms with Crippen LogP contribution in [0.2, 0.25) is 0 Å². The zero-order chi connectivity index (χ0) is 9.30. The lowest BCUT2D eigenvalue weighted by Gasteiger charge is -2.29. The number of likely N-dealkylation sites (tertiary alicyclic amines) is 1. The highest BCUT2D eigenvalue weighted by atomic mass is 16.1. The van der Waals surface area contributed by atoms with Gasteiger partial charge >= 0.3 is 0 Å². The van der Waals surface area contributed by atoms with Crippen molar-refractivity contribution in [1.29, 1.82) is 0 Å². The molecule has 12 heavy (non-hydrogen) atoms. The quantitative estimate of drug-likeness (QED) is 0.627. The molecule has 1 aliphatic rings. The number of Topliss-reactive ketones (excluding diaryl/α,β-unsaturated/α-hetero) is 1. The average molecular weight is 169 g/mol. The summed E-state index contributed by atoms with van der Waals surface area (Å²) in [6, 6.07) is 0.987. The molecule has 1 saturated heterocycles. The average Bonchev–Trinajstić information content (AvgIpc) is 2.31. The van der Waals surface area contributed by atoms with Crippen LogP contribution in [-0.2, 0) is 4.79 Å². The van der Waals surface area contributed by atoms with Crippen LogP contribution >= 0.6 is 0 Å². The summed E-state index contributed by atoms with van der Waals surface area (Å²) in [5, 5.41) is 0. The van der Waals surface area contributed by atoms with Crippen molar-refractivity contribution in [3.05, 3.63) is 0 Å². The Hall–Kier alpha value is -0.370. The van der Waals surface area contributed by atoms with Crippen LogP contribution in [0, 0.1) is 5.92 Å². The second-order valence-electron chi connectivity index (χ2n) is 4.32. The molecular weight excluding hydrogens is 150 g/mol. The molecule has 0 aromatic rings. The Balaban J connectivity index is 2.65. The highest BCUT2D eigenvalue weighted by Crippen LogP contribution is 2.23. The zero-order valence-corrected chi connectivity index (χ0v) is 8.50. The number of hydrogen-bond donors (Lipinski definition) is 0. The molecule has 0 amide bonds. The van der Waals surface area contributed by atoms with E-state index in [4.69, 9.17) is 0 Å². The van der Waals surface area contributed by atoms with Gasteiger partial charge in [-0.15, -0.1) is 0 Å². The fourth-order valence-corrected chi connectivity index (χ4v) is 1.92. The molecule has 0 aromatic heterocycles. The van der Waals surface area contributed by atoms with Crippen LogP contribution in [0.15, 0.2) is 0 Å². The summed E-state index contributed by atoms with van der Waals surface area (Å²) in [5.41, 5.74) is 0. The van der Waals surface area contributed by atoms with Crippen LogP contribution in [0.4, 0.5) is 0 Å². The largest absolute Gasteiger partial charge is 0.298 e. The molecule has 70 valence electrons. The first-order valence-electron chi connectivity index (χ1n) is 4.79. The molecule has 0 unspecified atom stereocenters. The van der Waals surface area contributed by atoms with E-state index in [1.54, 1.807) is 0 Å². The predicted octanol–water partition coefficient (Wildman–Crippen LogP) is 1.69. The van der Waals surface area contributed by atoms with Crippen molar-refractivity contribution in [2.24, 2.45) is 5.92 Å². The van der Waals surface area contributed by atoms with Crippen LogP contribution in [-0.4, -0.2) is 29.3 Å². The van der Waals surface area contributed by atoms with E-state index in [1.165, 1.54) is 0 Å². The molecule has 0 saturated carbocycles. The minimum absolute atomic E-state index is 0.405. The Morgan fingerprint density at radius 2 is 1.92 bits per heavy atom. The fraction of sp³-hybridized carbons (Fsp3) is 0.900. The van der Waals surface area contributed by atoms with Crippen molar-refractivity contribution in [2.45, 2.75) is 46.2 Å². The van der Waals surface area contributed by atoms with Crippen LogP contribution < -0.4 is 0 Å². The standard InChI is InChI=1S/C10H19NO/c1-7(2)10-5-9(12)6-11(10)8(3)4/h7-8,10H,5-6H2,1-4H3/t10-/m1/s1. The second kappa shape index (κ2) is 3.56. The summed E-state index contributed by atoms with van der Waals surface area (Å²) < 4.78 is 0. The molecule has 1 rings (SSSR count). The lowest BCUT2D eigenvalue weighted by Crippen LogP contribution is -2.38. The summed E-state index contributed by atoms with van der Waals surface area (Å²) >= 11 is 0. The van der Waals surface area contributed by atoms with Crippen molar-refractivity contribution in [3.63, 3.8) is 0 Å². The van der Waals surface area contributed by atoms with Crippen LogP contribution in [0.1, 0.15) is 34.1 Å². The number of rotatable bonds is 2. The maximum atomic E-state index is 11.2. The molecule has 0 aliphatic carbocycles. The summed E-state index contributed by atoms with van der Waals surface area (Å²) in [4.78, 5) is 13.5. The molecular formula is C10H19NO. The van der Waals surface area contributed by atoms with Gasteiger partial charge in [0.1, 0.15) is 5.78 Å². The number of carbonyl (C=O) groups is 1. The number of hydrogen-bond acceptors (Lipinski definition) is 2. The van der Waals surface area contributed by atoms with E-state index in [1.807, 2.05) is 0 Å². The maximum Gasteiger partial charge on any atom is 0.148 e. The lowest BCUT2D eigenvalue weighted by atomic mass is 10.0. The maximum absolute atomic E-state index is 11.2. The van der Waals surface area contributed by atoms with Crippen molar-refractivity contribution in [3.8, 4) is 0 Å². The molecule has 1 fully saturated rings. The van der Waals surface area contributed by atoms with E-state index in [9.17, 15) is 4.79 Å². The molecule has 1 heterocycles. The van der Waals surface area contributed by atoms with Gasteiger partial charge in [0.2, 0.25) is 0 Å². The van der Waals surface area contributed by atoms with Gasteiger partial charge in [-0.2, -0.15) is 0 Å². The van der Waals surface area contributed by atoms with Crippen LogP contribution in [0.25, 0.3) is 0 Å². The summed E-state index contributed by atoms with van der Waals surface area (Å²) in [5.74, 6) is 1.00. The van der Waals surface area contributed by atoms with Gasteiger partial charge in [-0.1, -0.05) is 13.8 Å². The molecule has 1 aliphatic heterocycles. The Kier molecular flexibility index (Phi) is 2.89. The predicted molar refractivity (Wildman–Crippen MR) is 50.1 cm³/mol. The highest BCUT2D eigenvalue weighted by Gasteiger charge is 2.33. The summed E-state index contributed by atoms with van der Waals surface area (Å²) in [6.45, 7) is 9.37. The SMILES string of the molecule is CC(C)[C@H]1CC(=O)CN1C(C)C. The molecule has 2 nitrogen and oxygen atoms in total. The highest BCUT2D eigenvalue weighted by molar-refractivity contribution is 5.83. The van der Waals surface area contributed by atoms with E-state index in [0.717, 1.165) is 6.42 Å². The van der Waals surface area contributed by atoms with Gasteiger partial charge in [0.05, 0.1) is 6.54 Å². The molecule has 0 aromatic carbocycles.